The van der Waals surface area contributed by atoms with Crippen LogP contribution >= 0.6 is 13.4 Å². The Bertz CT molecular complexity index is 139. The van der Waals surface area contributed by atoms with Crippen molar-refractivity contribution in [3.05, 3.63) is 0 Å². The molecular weight excluding hydrogens is 246 g/mol. The smallest absolute Gasteiger partial charge is 1.00 e. The molecule has 6 N–H and O–H groups in total. The molecule has 0 saturated carbocycles. The SMILES string of the molecule is OP(O)(O)=S.OP(O)(O)=S.[H-].[H-].[Mg+2]. The molecule has 0 heterocycles. The van der Waals surface area contributed by atoms with Crippen molar-refractivity contribution in [2.24, 2.45) is 0 Å². The average molecular weight is 254 g/mol. The Morgan fingerprint density at radius 2 is 0.727 bits per heavy atom. The molecule has 0 aromatic rings. The Morgan fingerprint density at radius 3 is 0.727 bits per heavy atom. The largest absolute Gasteiger partial charge is 2.00 e. The predicted molar refractivity (Wildman–Crippen MR) is 49.9 cm³/mol. The Kier molecular flexibility index (Phi) is 12.2. The number of hydrogen-bond acceptors (Lipinski definition) is 2. The van der Waals surface area contributed by atoms with Gasteiger partial charge in [0.2, 0.25) is 0 Å². The van der Waals surface area contributed by atoms with Crippen LogP contribution in [0, 0.1) is 0 Å². The van der Waals surface area contributed by atoms with E-state index in [-0.39, 0.29) is 25.9 Å². The van der Waals surface area contributed by atoms with Gasteiger partial charge in [-0.05, 0) is 23.6 Å². The van der Waals surface area contributed by atoms with Crippen molar-refractivity contribution in [2.45, 2.75) is 0 Å². The molecule has 0 bridgehead atoms. The standard InChI is InChI=1S/Mg.2H3O3PS.2H/c;2*1-4(2,3)5;;/h;2*(H3,1,2,3,5);;/q+2;;;2*-1. The van der Waals surface area contributed by atoms with Gasteiger partial charge in [-0.2, -0.15) is 0 Å². The second-order valence-corrected chi connectivity index (χ2v) is 6.02. The molecule has 0 aromatic carbocycles. The van der Waals surface area contributed by atoms with E-state index in [4.69, 9.17) is 29.4 Å². The Balaban J connectivity index is -0.0000000267. The molecule has 11 heteroatoms. The summed E-state index contributed by atoms with van der Waals surface area (Å²) in [7, 11) is 0. The van der Waals surface area contributed by atoms with E-state index in [1.165, 1.54) is 0 Å². The second kappa shape index (κ2) is 7.25. The van der Waals surface area contributed by atoms with Crippen LogP contribution in [0.4, 0.5) is 0 Å². The van der Waals surface area contributed by atoms with Crippen LogP contribution in [0.15, 0.2) is 0 Å². The average Bonchev–Trinajstić information content (AvgIpc) is 1.12. The summed E-state index contributed by atoms with van der Waals surface area (Å²) < 4.78 is 0. The van der Waals surface area contributed by atoms with Crippen LogP contribution in [-0.2, 0) is 23.6 Å². The van der Waals surface area contributed by atoms with Gasteiger partial charge in [-0.3, -0.25) is 0 Å². The topological polar surface area (TPSA) is 121 Å². The van der Waals surface area contributed by atoms with Crippen LogP contribution in [-0.4, -0.2) is 52.4 Å². The van der Waals surface area contributed by atoms with Gasteiger partial charge in [-0.15, -0.1) is 0 Å². The molecule has 0 fully saturated rings. The quantitative estimate of drug-likeness (QED) is 0.222. The van der Waals surface area contributed by atoms with Gasteiger partial charge in [0.25, 0.3) is 0 Å². The molecule has 0 aromatic heterocycles. The zero-order chi connectivity index (χ0) is 9.00. The monoisotopic (exact) mass is 254 g/mol. The van der Waals surface area contributed by atoms with Crippen molar-refractivity contribution in [3.63, 3.8) is 0 Å². The molecule has 0 atom stereocenters. The van der Waals surface area contributed by atoms with E-state index in [0.29, 0.717) is 0 Å². The number of rotatable bonds is 0. The van der Waals surface area contributed by atoms with E-state index in [1.807, 2.05) is 0 Å². The molecule has 11 heavy (non-hydrogen) atoms. The first-order valence-electron chi connectivity index (χ1n) is 1.57. The fourth-order valence-corrected chi connectivity index (χ4v) is 0. The summed E-state index contributed by atoms with van der Waals surface area (Å²) in [6.07, 6.45) is 0. The molecule has 0 rings (SSSR count). The van der Waals surface area contributed by atoms with Gasteiger partial charge in [0.1, 0.15) is 0 Å². The molecule has 0 aliphatic heterocycles. The third kappa shape index (κ3) is 342. The Labute approximate surface area is 92.1 Å². The van der Waals surface area contributed by atoms with Crippen molar-refractivity contribution < 1.29 is 32.2 Å². The van der Waals surface area contributed by atoms with Crippen molar-refractivity contribution in [2.75, 3.05) is 0 Å². The summed E-state index contributed by atoms with van der Waals surface area (Å²) in [5.41, 5.74) is 0. The van der Waals surface area contributed by atoms with E-state index in [9.17, 15) is 0 Å². The summed E-state index contributed by atoms with van der Waals surface area (Å²) >= 11 is 7.21. The van der Waals surface area contributed by atoms with Gasteiger partial charge >= 0.3 is 36.5 Å². The fourth-order valence-electron chi connectivity index (χ4n) is 0. The van der Waals surface area contributed by atoms with Gasteiger partial charge in [0, 0.05) is 0 Å². The van der Waals surface area contributed by atoms with E-state index in [0.717, 1.165) is 0 Å². The molecule has 0 aliphatic rings. The van der Waals surface area contributed by atoms with Crippen LogP contribution in [0.3, 0.4) is 0 Å². The van der Waals surface area contributed by atoms with Crippen LogP contribution in [0.25, 0.3) is 0 Å². The Morgan fingerprint density at radius 1 is 0.727 bits per heavy atom. The zero-order valence-electron chi connectivity index (χ0n) is 7.10. The first-order valence-corrected chi connectivity index (χ1v) is 6.89. The summed E-state index contributed by atoms with van der Waals surface area (Å²) in [4.78, 5) is 45.3. The first-order chi connectivity index (χ1) is 4.00. The van der Waals surface area contributed by atoms with Gasteiger partial charge in [-0.25, -0.2) is 0 Å². The van der Waals surface area contributed by atoms with E-state index < -0.39 is 13.4 Å². The first kappa shape index (κ1) is 18.6. The van der Waals surface area contributed by atoms with E-state index in [2.05, 4.69) is 23.6 Å². The third-order valence-corrected chi connectivity index (χ3v) is 0. The minimum atomic E-state index is -3.81. The molecule has 0 amide bonds. The maximum Gasteiger partial charge on any atom is 2.00 e. The molecule has 6 nitrogen and oxygen atoms in total. The summed E-state index contributed by atoms with van der Waals surface area (Å²) in [5.74, 6) is 0. The Hall–Kier alpha value is 1.83. The molecule has 0 aliphatic carbocycles. The summed E-state index contributed by atoms with van der Waals surface area (Å²) in [6, 6.07) is 0. The van der Waals surface area contributed by atoms with Crippen molar-refractivity contribution in [1.29, 1.82) is 0 Å². The van der Waals surface area contributed by atoms with Gasteiger partial charge in [0.15, 0.2) is 0 Å². The molecule has 68 valence electrons. The predicted octanol–water partition coefficient (Wildman–Crippen LogP) is -1.78. The summed E-state index contributed by atoms with van der Waals surface area (Å²) in [5, 5.41) is 0. The van der Waals surface area contributed by atoms with Crippen LogP contribution in [0.5, 0.6) is 0 Å². The van der Waals surface area contributed by atoms with Gasteiger partial charge in [0.05, 0.1) is 0 Å². The maximum atomic E-state index is 7.56. The van der Waals surface area contributed by atoms with Crippen LogP contribution in [0.2, 0.25) is 0 Å². The minimum Gasteiger partial charge on any atom is -1.00 e. The van der Waals surface area contributed by atoms with Gasteiger partial charge < -0.3 is 32.2 Å². The van der Waals surface area contributed by atoms with Crippen molar-refractivity contribution in [1.82, 2.24) is 0 Å². The van der Waals surface area contributed by atoms with E-state index >= 15 is 0 Å². The molecule has 0 radical (unpaired) electrons. The van der Waals surface area contributed by atoms with Crippen molar-refractivity contribution >= 4 is 60.1 Å². The van der Waals surface area contributed by atoms with Crippen LogP contribution < -0.4 is 0 Å². The fraction of sp³-hybridized carbons (Fsp3) is 0. The molecule has 0 saturated heterocycles. The zero-order valence-corrected chi connectivity index (χ0v) is 9.94. The molecule has 0 spiro atoms. The van der Waals surface area contributed by atoms with E-state index in [1.54, 1.807) is 0 Å². The minimum absolute atomic E-state index is 0. The molecular formula is H8MgO6P2S2. The second-order valence-electron chi connectivity index (χ2n) is 1.03. The van der Waals surface area contributed by atoms with Gasteiger partial charge in [-0.1, -0.05) is 0 Å². The summed E-state index contributed by atoms with van der Waals surface area (Å²) in [6.45, 7) is -7.61. The maximum absolute atomic E-state index is 7.56. The van der Waals surface area contributed by atoms with Crippen LogP contribution in [0.1, 0.15) is 2.85 Å². The normalized spacial score (nSPS) is 10.7. The van der Waals surface area contributed by atoms with Crippen molar-refractivity contribution in [3.8, 4) is 0 Å². The number of hydrogen-bond donors (Lipinski definition) is 6. The molecule has 0 unspecified atom stereocenters. The third-order valence-electron chi connectivity index (χ3n) is 0.